The Morgan fingerprint density at radius 2 is 2.15 bits per heavy atom. The zero-order chi connectivity index (χ0) is 18.5. The van der Waals surface area contributed by atoms with Crippen LogP contribution in [-0.4, -0.2) is 50.0 Å². The quantitative estimate of drug-likeness (QED) is 0.485. The molecule has 136 valence electrons. The van der Waals surface area contributed by atoms with Crippen molar-refractivity contribution in [3.8, 4) is 5.82 Å². The molecule has 0 radical (unpaired) electrons. The number of ether oxygens (including phenoxy) is 1. The number of rotatable bonds is 7. The summed E-state index contributed by atoms with van der Waals surface area (Å²) in [6, 6.07) is 9.19. The number of anilines is 1. The average Bonchev–Trinajstić information content (AvgIpc) is 3.27. The maximum Gasteiger partial charge on any atom is 0.360 e. The molecule has 0 amide bonds. The van der Waals surface area contributed by atoms with E-state index >= 15 is 0 Å². The molecule has 11 heteroatoms. The topological polar surface area (TPSA) is 154 Å². The molecule has 0 aliphatic heterocycles. The maximum absolute atomic E-state index is 11.9. The highest BCUT2D eigenvalue weighted by Gasteiger charge is 2.24. The molecule has 11 nitrogen and oxygen atoms in total. The third-order valence-corrected chi connectivity index (χ3v) is 3.65. The van der Waals surface area contributed by atoms with Crippen molar-refractivity contribution in [2.45, 2.75) is 12.6 Å². The summed E-state index contributed by atoms with van der Waals surface area (Å²) in [5.41, 5.74) is 6.79. The maximum atomic E-state index is 11.9. The number of hydrogen-bond donors (Lipinski definition) is 3. The molecule has 0 saturated carbocycles. The summed E-state index contributed by atoms with van der Waals surface area (Å²) < 4.78 is 10.5. The van der Waals surface area contributed by atoms with Gasteiger partial charge in [0.25, 0.3) is 0 Å². The molecule has 2 heterocycles. The lowest BCUT2D eigenvalue weighted by molar-refractivity contribution is 0.0592. The van der Waals surface area contributed by atoms with E-state index in [-0.39, 0.29) is 30.4 Å². The van der Waals surface area contributed by atoms with Crippen LogP contribution in [-0.2, 0) is 11.3 Å². The van der Waals surface area contributed by atoms with Gasteiger partial charge in [-0.05, 0) is 15.9 Å². The van der Waals surface area contributed by atoms with Crippen LogP contribution in [0.15, 0.2) is 35.0 Å². The number of nitrogens with one attached hydrogen (secondary N) is 1. The van der Waals surface area contributed by atoms with Gasteiger partial charge in [-0.3, -0.25) is 0 Å². The summed E-state index contributed by atoms with van der Waals surface area (Å²) in [5, 5.41) is 28.1. The molecule has 0 fully saturated rings. The first-order valence-electron chi connectivity index (χ1n) is 7.66. The highest BCUT2D eigenvalue weighted by Crippen LogP contribution is 2.17. The van der Waals surface area contributed by atoms with Crippen molar-refractivity contribution in [3.05, 3.63) is 47.3 Å². The van der Waals surface area contributed by atoms with Gasteiger partial charge >= 0.3 is 5.97 Å². The first-order valence-corrected chi connectivity index (χ1v) is 7.66. The second-order valence-electron chi connectivity index (χ2n) is 5.32. The van der Waals surface area contributed by atoms with Gasteiger partial charge in [-0.25, -0.2) is 9.42 Å². The minimum Gasteiger partial charge on any atom is -0.464 e. The van der Waals surface area contributed by atoms with Gasteiger partial charge in [-0.2, -0.15) is 4.68 Å². The lowest BCUT2D eigenvalue weighted by Crippen LogP contribution is -2.24. The first kappa shape index (κ1) is 17.5. The number of aliphatic hydroxyl groups excluding tert-OH is 1. The van der Waals surface area contributed by atoms with E-state index < -0.39 is 12.1 Å². The van der Waals surface area contributed by atoms with Crippen molar-refractivity contribution in [1.82, 2.24) is 30.6 Å². The Balaban J connectivity index is 1.78. The second-order valence-corrected chi connectivity index (χ2v) is 5.32. The lowest BCUT2D eigenvalue weighted by atomic mass is 10.1. The Bertz CT molecular complexity index is 877. The minimum absolute atomic E-state index is 0.00288. The van der Waals surface area contributed by atoms with Crippen LogP contribution in [0.25, 0.3) is 5.82 Å². The predicted octanol–water partition coefficient (Wildman–Crippen LogP) is -0.158. The molecule has 0 saturated heterocycles. The standard InChI is InChI=1S/C15H17N7O4/c1-25-15(24)12-10(22(21-18-12)14-13(16)19-26-20-14)7-17-8-11(23)9-5-3-2-4-6-9/h2-6,11,17,23H,7-8H2,1H3,(H2,16,19)/t11-/m0/s1. The summed E-state index contributed by atoms with van der Waals surface area (Å²) >= 11 is 0. The van der Waals surface area contributed by atoms with Gasteiger partial charge in [-0.1, -0.05) is 35.5 Å². The number of benzene rings is 1. The molecule has 2 aromatic heterocycles. The van der Waals surface area contributed by atoms with Gasteiger partial charge in [0.1, 0.15) is 0 Å². The Labute approximate surface area is 147 Å². The first-order chi connectivity index (χ1) is 12.6. The van der Waals surface area contributed by atoms with Gasteiger partial charge in [0.05, 0.1) is 18.9 Å². The molecule has 0 spiro atoms. The second kappa shape index (κ2) is 7.72. The van der Waals surface area contributed by atoms with Crippen LogP contribution in [0, 0.1) is 0 Å². The summed E-state index contributed by atoms with van der Waals surface area (Å²) in [4.78, 5) is 11.9. The zero-order valence-electron chi connectivity index (χ0n) is 13.9. The number of nitrogens with two attached hydrogens (primary N) is 1. The van der Waals surface area contributed by atoms with Crippen molar-refractivity contribution in [3.63, 3.8) is 0 Å². The largest absolute Gasteiger partial charge is 0.464 e. The van der Waals surface area contributed by atoms with Crippen molar-refractivity contribution >= 4 is 11.8 Å². The highest BCUT2D eigenvalue weighted by atomic mass is 16.6. The molecular weight excluding hydrogens is 342 g/mol. The minimum atomic E-state index is -0.721. The van der Waals surface area contributed by atoms with E-state index in [4.69, 9.17) is 10.5 Å². The summed E-state index contributed by atoms with van der Waals surface area (Å²) in [6.07, 6.45) is -0.721. The van der Waals surface area contributed by atoms with Gasteiger partial charge in [0, 0.05) is 13.1 Å². The van der Waals surface area contributed by atoms with Gasteiger partial charge in [-0.15, -0.1) is 5.10 Å². The molecular formula is C15H17N7O4. The highest BCUT2D eigenvalue weighted by molar-refractivity contribution is 5.88. The number of esters is 1. The fourth-order valence-corrected chi connectivity index (χ4v) is 2.34. The number of hydrogen-bond acceptors (Lipinski definition) is 10. The number of aromatic nitrogens is 5. The van der Waals surface area contributed by atoms with Crippen LogP contribution in [0.3, 0.4) is 0 Å². The predicted molar refractivity (Wildman–Crippen MR) is 88.1 cm³/mol. The van der Waals surface area contributed by atoms with E-state index in [1.54, 1.807) is 0 Å². The number of nitrogen functional groups attached to an aromatic ring is 1. The number of carbonyl (C=O) groups is 1. The van der Waals surface area contributed by atoms with Crippen molar-refractivity contribution in [2.75, 3.05) is 19.4 Å². The molecule has 3 aromatic rings. The number of methoxy groups -OCH3 is 1. The molecule has 0 bridgehead atoms. The molecule has 0 unspecified atom stereocenters. The van der Waals surface area contributed by atoms with E-state index in [9.17, 15) is 9.90 Å². The lowest BCUT2D eigenvalue weighted by Gasteiger charge is -2.12. The van der Waals surface area contributed by atoms with Crippen LogP contribution in [0.4, 0.5) is 5.82 Å². The van der Waals surface area contributed by atoms with Crippen molar-refractivity contribution < 1.29 is 19.3 Å². The Morgan fingerprint density at radius 1 is 1.38 bits per heavy atom. The third-order valence-electron chi connectivity index (χ3n) is 3.65. The van der Waals surface area contributed by atoms with E-state index in [1.165, 1.54) is 11.8 Å². The van der Waals surface area contributed by atoms with Gasteiger partial charge < -0.3 is 20.9 Å². The molecule has 1 atom stereocenters. The molecule has 4 N–H and O–H groups in total. The fraction of sp³-hybridized carbons (Fsp3) is 0.267. The van der Waals surface area contributed by atoms with Crippen molar-refractivity contribution in [1.29, 1.82) is 0 Å². The summed E-state index contributed by atoms with van der Waals surface area (Å²) in [6.45, 7) is 0.385. The fourth-order valence-electron chi connectivity index (χ4n) is 2.34. The molecule has 0 aliphatic carbocycles. The summed E-state index contributed by atoms with van der Waals surface area (Å²) in [7, 11) is 1.24. The molecule has 0 aliphatic rings. The van der Waals surface area contributed by atoms with Crippen LogP contribution in [0.1, 0.15) is 27.8 Å². The molecule has 1 aromatic carbocycles. The average molecular weight is 359 g/mol. The van der Waals surface area contributed by atoms with Crippen LogP contribution in [0.5, 0.6) is 0 Å². The zero-order valence-corrected chi connectivity index (χ0v) is 13.9. The van der Waals surface area contributed by atoms with E-state index in [1.807, 2.05) is 30.3 Å². The smallest absolute Gasteiger partial charge is 0.360 e. The van der Waals surface area contributed by atoms with E-state index in [0.717, 1.165) is 5.56 Å². The number of carbonyl (C=O) groups excluding carboxylic acids is 1. The third kappa shape index (κ3) is 3.53. The molecule has 26 heavy (non-hydrogen) atoms. The Morgan fingerprint density at radius 3 is 2.81 bits per heavy atom. The van der Waals surface area contributed by atoms with Crippen LogP contribution >= 0.6 is 0 Å². The number of nitrogens with zero attached hydrogens (tertiary/aromatic N) is 5. The van der Waals surface area contributed by atoms with Gasteiger partial charge in [0.15, 0.2) is 5.69 Å². The van der Waals surface area contributed by atoms with E-state index in [2.05, 4.69) is 30.6 Å². The van der Waals surface area contributed by atoms with E-state index in [0.29, 0.717) is 5.69 Å². The molecule has 3 rings (SSSR count). The Kier molecular flexibility index (Phi) is 5.20. The number of aliphatic hydroxyl groups is 1. The van der Waals surface area contributed by atoms with Crippen LogP contribution in [0.2, 0.25) is 0 Å². The van der Waals surface area contributed by atoms with Crippen LogP contribution < -0.4 is 11.1 Å². The van der Waals surface area contributed by atoms with Gasteiger partial charge in [0.2, 0.25) is 11.6 Å². The SMILES string of the molecule is COC(=O)c1nnn(-c2nonc2N)c1CNC[C@H](O)c1ccccc1. The summed E-state index contributed by atoms with van der Waals surface area (Å²) in [5.74, 6) is -0.559. The van der Waals surface area contributed by atoms with Crippen molar-refractivity contribution in [2.24, 2.45) is 0 Å². The normalized spacial score (nSPS) is 12.1. The monoisotopic (exact) mass is 359 g/mol. The Hall–Kier alpha value is -3.31.